The van der Waals surface area contributed by atoms with E-state index in [-0.39, 0.29) is 15.4 Å². The molecule has 0 spiro atoms. The molecule has 1 aromatic heterocycles. The highest BCUT2D eigenvalue weighted by molar-refractivity contribution is 8.00. The Balaban J connectivity index is 2.02. The monoisotopic (exact) mass is 335 g/mol. The zero-order valence-electron chi connectivity index (χ0n) is 11.1. The predicted octanol–water partition coefficient (Wildman–Crippen LogP) is 1.94. The molecular weight excluding hydrogens is 318 g/mol. The molecule has 0 amide bonds. The van der Waals surface area contributed by atoms with Gasteiger partial charge in [0, 0.05) is 16.2 Å². The van der Waals surface area contributed by atoms with E-state index in [2.05, 4.69) is 4.72 Å². The maximum atomic E-state index is 12.2. The predicted molar refractivity (Wildman–Crippen MR) is 80.9 cm³/mol. The zero-order valence-corrected chi connectivity index (χ0v) is 13.5. The third kappa shape index (κ3) is 3.55. The molecule has 2 rings (SSSR count). The minimum absolute atomic E-state index is 0.0359. The van der Waals surface area contributed by atoms with Crippen molar-refractivity contribution in [3.63, 3.8) is 0 Å². The Labute approximate surface area is 126 Å². The molecule has 0 aliphatic heterocycles. The lowest BCUT2D eigenvalue weighted by Crippen LogP contribution is -2.45. The van der Waals surface area contributed by atoms with Gasteiger partial charge in [-0.25, -0.2) is 13.1 Å². The second-order valence-electron chi connectivity index (χ2n) is 4.86. The molecule has 1 aliphatic carbocycles. The van der Waals surface area contributed by atoms with Gasteiger partial charge in [-0.1, -0.05) is 6.42 Å². The first kappa shape index (κ1) is 15.8. The molecule has 1 heterocycles. The molecule has 1 aromatic rings. The summed E-state index contributed by atoms with van der Waals surface area (Å²) in [6.45, 7) is 0.433. The number of carboxylic acids is 1. The van der Waals surface area contributed by atoms with Crippen molar-refractivity contribution in [3.8, 4) is 0 Å². The number of rotatable bonds is 7. The van der Waals surface area contributed by atoms with Crippen LogP contribution in [0.3, 0.4) is 0 Å². The maximum absolute atomic E-state index is 12.2. The Morgan fingerprint density at radius 1 is 1.50 bits per heavy atom. The average molecular weight is 335 g/mol. The summed E-state index contributed by atoms with van der Waals surface area (Å²) in [5.74, 6) is -0.959. The number of hydrogen-bond acceptors (Lipinski definition) is 5. The Morgan fingerprint density at radius 2 is 2.20 bits per heavy atom. The van der Waals surface area contributed by atoms with E-state index in [1.54, 1.807) is 17.8 Å². The number of carbonyl (C=O) groups is 1. The number of thioether (sulfide) groups is 1. The second-order valence-corrected chi connectivity index (χ2v) is 9.29. The van der Waals surface area contributed by atoms with Crippen molar-refractivity contribution in [1.29, 1.82) is 0 Å². The summed E-state index contributed by atoms with van der Waals surface area (Å²) in [5.41, 5.74) is 0. The second kappa shape index (κ2) is 6.05. The maximum Gasteiger partial charge on any atom is 0.308 e. The van der Waals surface area contributed by atoms with Gasteiger partial charge in [-0.3, -0.25) is 4.79 Å². The lowest BCUT2D eigenvalue weighted by molar-refractivity contribution is -0.136. The van der Waals surface area contributed by atoms with Crippen LogP contribution in [0.2, 0.25) is 0 Å². The smallest absolute Gasteiger partial charge is 0.308 e. The van der Waals surface area contributed by atoms with Crippen LogP contribution in [0.5, 0.6) is 0 Å². The average Bonchev–Trinajstić information content (AvgIpc) is 2.76. The molecule has 0 saturated heterocycles. The van der Waals surface area contributed by atoms with Gasteiger partial charge in [0.2, 0.25) is 10.0 Å². The van der Waals surface area contributed by atoms with Gasteiger partial charge in [0.15, 0.2) is 0 Å². The number of sulfonamides is 1. The molecule has 1 aliphatic rings. The van der Waals surface area contributed by atoms with Crippen LogP contribution in [0.15, 0.2) is 16.3 Å². The molecule has 0 aromatic carbocycles. The van der Waals surface area contributed by atoms with Gasteiger partial charge in [0.1, 0.15) is 4.21 Å². The molecule has 0 atom stereocenters. The van der Waals surface area contributed by atoms with E-state index in [1.165, 1.54) is 6.07 Å². The van der Waals surface area contributed by atoms with Gasteiger partial charge in [-0.2, -0.15) is 11.8 Å². The van der Waals surface area contributed by atoms with Gasteiger partial charge in [0.25, 0.3) is 0 Å². The molecule has 0 unspecified atom stereocenters. The van der Waals surface area contributed by atoms with Crippen LogP contribution in [-0.2, 0) is 21.2 Å². The Morgan fingerprint density at radius 3 is 2.70 bits per heavy atom. The molecule has 112 valence electrons. The Bertz CT molecular complexity index is 584. The van der Waals surface area contributed by atoms with Crippen molar-refractivity contribution in [2.24, 2.45) is 0 Å². The standard InChI is InChI=1S/C12H17NO4S3/c1-18-12(5-2-6-12)8-13-20(16,17)11-4-3-9(19-11)7-10(14)15/h3-4,13H,2,5-8H2,1H3,(H,14,15). The van der Waals surface area contributed by atoms with Gasteiger partial charge in [0.05, 0.1) is 6.42 Å². The first-order valence-electron chi connectivity index (χ1n) is 6.22. The topological polar surface area (TPSA) is 83.5 Å². The van der Waals surface area contributed by atoms with Crippen LogP contribution in [0.4, 0.5) is 0 Å². The van der Waals surface area contributed by atoms with E-state index < -0.39 is 16.0 Å². The fourth-order valence-electron chi connectivity index (χ4n) is 2.07. The van der Waals surface area contributed by atoms with E-state index in [1.807, 2.05) is 6.26 Å². The van der Waals surface area contributed by atoms with E-state index in [9.17, 15) is 13.2 Å². The summed E-state index contributed by atoms with van der Waals surface area (Å²) in [4.78, 5) is 11.2. The van der Waals surface area contributed by atoms with Crippen molar-refractivity contribution in [3.05, 3.63) is 17.0 Å². The summed E-state index contributed by atoms with van der Waals surface area (Å²) in [6, 6.07) is 3.03. The Hall–Kier alpha value is -0.570. The van der Waals surface area contributed by atoms with E-state index in [4.69, 9.17) is 5.11 Å². The van der Waals surface area contributed by atoms with Crippen molar-refractivity contribution < 1.29 is 18.3 Å². The van der Waals surface area contributed by atoms with E-state index >= 15 is 0 Å². The fourth-order valence-corrected chi connectivity index (χ4v) is 5.59. The van der Waals surface area contributed by atoms with Gasteiger partial charge >= 0.3 is 5.97 Å². The molecule has 2 N–H and O–H groups in total. The van der Waals surface area contributed by atoms with Crippen LogP contribution < -0.4 is 4.72 Å². The number of aliphatic carboxylic acids is 1. The highest BCUT2D eigenvalue weighted by Gasteiger charge is 2.37. The summed E-state index contributed by atoms with van der Waals surface area (Å²) in [5, 5.41) is 8.70. The van der Waals surface area contributed by atoms with Gasteiger partial charge < -0.3 is 5.11 Å². The molecule has 8 heteroatoms. The van der Waals surface area contributed by atoms with Crippen molar-refractivity contribution in [2.45, 2.75) is 34.6 Å². The SMILES string of the molecule is CSC1(CNS(=O)(=O)c2ccc(CC(=O)O)s2)CCC1. The quantitative estimate of drug-likeness (QED) is 0.795. The largest absolute Gasteiger partial charge is 0.481 e. The highest BCUT2D eigenvalue weighted by Crippen LogP contribution is 2.42. The number of hydrogen-bond donors (Lipinski definition) is 2. The van der Waals surface area contributed by atoms with E-state index in [0.29, 0.717) is 11.4 Å². The number of thiophene rings is 1. The normalized spacial score (nSPS) is 17.6. The molecule has 1 saturated carbocycles. The first-order valence-corrected chi connectivity index (χ1v) is 9.75. The third-order valence-corrected chi connectivity index (χ3v) is 7.91. The third-order valence-electron chi connectivity index (χ3n) is 3.51. The van der Waals surface area contributed by atoms with Crippen molar-refractivity contribution in [1.82, 2.24) is 4.72 Å². The van der Waals surface area contributed by atoms with Crippen molar-refractivity contribution in [2.75, 3.05) is 12.8 Å². The lowest BCUT2D eigenvalue weighted by atomic mass is 9.84. The lowest BCUT2D eigenvalue weighted by Gasteiger charge is -2.40. The molecule has 0 radical (unpaired) electrons. The zero-order chi connectivity index (χ0) is 14.8. The molecule has 5 nitrogen and oxygen atoms in total. The van der Waals surface area contributed by atoms with Crippen LogP contribution in [0.25, 0.3) is 0 Å². The molecular formula is C12H17NO4S3. The van der Waals surface area contributed by atoms with Crippen LogP contribution >= 0.6 is 23.1 Å². The van der Waals surface area contributed by atoms with Crippen LogP contribution in [0.1, 0.15) is 24.1 Å². The Kier molecular flexibility index (Phi) is 4.78. The minimum atomic E-state index is -3.53. The van der Waals surface area contributed by atoms with Crippen LogP contribution in [0, 0.1) is 0 Å². The highest BCUT2D eigenvalue weighted by atomic mass is 32.2. The summed E-state index contributed by atoms with van der Waals surface area (Å²) >= 11 is 2.72. The minimum Gasteiger partial charge on any atom is -0.481 e. The van der Waals surface area contributed by atoms with Crippen molar-refractivity contribution >= 4 is 39.1 Å². The fraction of sp³-hybridized carbons (Fsp3) is 0.583. The molecule has 0 bridgehead atoms. The van der Waals surface area contributed by atoms with Gasteiger partial charge in [-0.05, 0) is 31.2 Å². The summed E-state index contributed by atoms with van der Waals surface area (Å²) in [7, 11) is -3.53. The van der Waals surface area contributed by atoms with E-state index in [0.717, 1.165) is 30.6 Å². The van der Waals surface area contributed by atoms with Gasteiger partial charge in [-0.15, -0.1) is 11.3 Å². The summed E-state index contributed by atoms with van der Waals surface area (Å²) in [6.07, 6.45) is 5.07. The molecule has 1 fully saturated rings. The first-order chi connectivity index (χ1) is 9.37. The number of carboxylic acid groups (broad SMARTS) is 1. The van der Waals surface area contributed by atoms with Crippen LogP contribution in [-0.4, -0.2) is 37.0 Å². The molecule has 20 heavy (non-hydrogen) atoms. The summed E-state index contributed by atoms with van der Waals surface area (Å²) < 4.78 is 27.2. The number of nitrogens with one attached hydrogen (secondary N) is 1.